The molecule has 3 aromatic carbocycles. The van der Waals surface area contributed by atoms with Crippen molar-refractivity contribution in [3.63, 3.8) is 0 Å². The van der Waals surface area contributed by atoms with E-state index in [0.717, 1.165) is 17.7 Å². The van der Waals surface area contributed by atoms with Gasteiger partial charge in [-0.1, -0.05) is 38.1 Å². The molecule has 0 saturated carbocycles. The van der Waals surface area contributed by atoms with Gasteiger partial charge in [0.15, 0.2) is 0 Å². The second-order valence-corrected chi connectivity index (χ2v) is 10.6. The van der Waals surface area contributed by atoms with Crippen molar-refractivity contribution < 1.29 is 29.0 Å². The molecule has 5 N–H and O–H groups in total. The molecule has 3 rings (SSSR count). The van der Waals surface area contributed by atoms with Gasteiger partial charge in [-0.3, -0.25) is 19.2 Å². The maximum atomic E-state index is 13.2. The number of benzene rings is 3. The molecule has 0 fully saturated rings. The minimum Gasteiger partial charge on any atom is -0.492 e. The van der Waals surface area contributed by atoms with E-state index in [1.807, 2.05) is 27.0 Å². The van der Waals surface area contributed by atoms with Crippen LogP contribution in [-0.2, 0) is 22.6 Å². The van der Waals surface area contributed by atoms with Gasteiger partial charge in [-0.25, -0.2) is 0 Å². The molecule has 0 unspecified atom stereocenters. The molecule has 0 radical (unpaired) electrons. The lowest BCUT2D eigenvalue weighted by Crippen LogP contribution is -2.44. The van der Waals surface area contributed by atoms with Gasteiger partial charge in [0.2, 0.25) is 5.91 Å². The number of rotatable bonds is 16. The summed E-state index contributed by atoms with van der Waals surface area (Å²) in [4.78, 5) is 49.7. The van der Waals surface area contributed by atoms with Crippen LogP contribution >= 0.6 is 0 Å². The number of ether oxygens (including phenoxy) is 1. The molecule has 0 aliphatic carbocycles. The van der Waals surface area contributed by atoms with Crippen LogP contribution in [0, 0.1) is 5.92 Å². The van der Waals surface area contributed by atoms with Crippen molar-refractivity contribution in [1.82, 2.24) is 16.0 Å². The molecule has 3 aromatic rings. The van der Waals surface area contributed by atoms with Crippen LogP contribution in [0.15, 0.2) is 72.8 Å². The minimum absolute atomic E-state index is 0.0308. The van der Waals surface area contributed by atoms with Gasteiger partial charge in [-0.2, -0.15) is 0 Å². The van der Waals surface area contributed by atoms with E-state index in [-0.39, 0.29) is 30.7 Å². The van der Waals surface area contributed by atoms with Crippen LogP contribution in [0.2, 0.25) is 0 Å². The number of amides is 3. The number of aryl methyl sites for hydroxylation is 1. The summed E-state index contributed by atoms with van der Waals surface area (Å²) in [5, 5.41) is 20.4. The predicted molar refractivity (Wildman–Crippen MR) is 165 cm³/mol. The first-order chi connectivity index (χ1) is 20.6. The number of hydrogen-bond acceptors (Lipinski definition) is 6. The lowest BCUT2D eigenvalue weighted by molar-refractivity contribution is -0.137. The van der Waals surface area contributed by atoms with E-state index in [9.17, 15) is 19.2 Å². The van der Waals surface area contributed by atoms with Crippen LogP contribution in [0.3, 0.4) is 0 Å². The first-order valence-corrected chi connectivity index (χ1v) is 14.3. The number of carbonyl (C=O) groups excluding carboxylic acids is 3. The molecule has 3 amide bonds. The Balaban J connectivity index is 1.58. The van der Waals surface area contributed by atoms with E-state index >= 15 is 0 Å². The second kappa shape index (κ2) is 16.7. The molecule has 0 aliphatic rings. The van der Waals surface area contributed by atoms with Gasteiger partial charge in [0.1, 0.15) is 18.4 Å². The fourth-order valence-corrected chi connectivity index (χ4v) is 4.26. The second-order valence-electron chi connectivity index (χ2n) is 10.6. The van der Waals surface area contributed by atoms with E-state index in [1.54, 1.807) is 66.7 Å². The normalized spacial score (nSPS) is 11.4. The highest BCUT2D eigenvalue weighted by Gasteiger charge is 2.23. The highest BCUT2D eigenvalue weighted by atomic mass is 16.5. The Labute approximate surface area is 252 Å². The summed E-state index contributed by atoms with van der Waals surface area (Å²) in [5.41, 5.74) is 3.01. The number of aliphatic carboxylic acids is 1. The molecule has 1 atom stereocenters. The number of nitrogens with one attached hydrogen (secondary N) is 4. The molecule has 0 aliphatic heterocycles. The standard InChI is InChI=1S/C33H40N4O6/c1-22(2)19-29(33(42)36-27-12-7-23(8-13-27)9-16-30(38)39)37-32(41)26-6-4-5-24(20-26)21-35-31(40)25-10-14-28(15-11-25)43-18-17-34-3/h4-8,10-15,20,22,29,34H,9,16-19,21H2,1-3H3,(H,35,40)(H,36,42)(H,37,41)(H,38,39)/t29-/m0/s1. The average Bonchev–Trinajstić information content (AvgIpc) is 2.99. The first-order valence-electron chi connectivity index (χ1n) is 14.3. The van der Waals surface area contributed by atoms with Crippen molar-refractivity contribution in [1.29, 1.82) is 0 Å². The molecule has 228 valence electrons. The van der Waals surface area contributed by atoms with Crippen LogP contribution in [-0.4, -0.2) is 55.0 Å². The molecule has 0 saturated heterocycles. The number of hydrogen-bond donors (Lipinski definition) is 5. The quantitative estimate of drug-likeness (QED) is 0.159. The third-order valence-corrected chi connectivity index (χ3v) is 6.56. The van der Waals surface area contributed by atoms with Gasteiger partial charge >= 0.3 is 5.97 Å². The van der Waals surface area contributed by atoms with Crippen molar-refractivity contribution in [2.24, 2.45) is 5.92 Å². The predicted octanol–water partition coefficient (Wildman–Crippen LogP) is 4.02. The van der Waals surface area contributed by atoms with Crippen LogP contribution < -0.4 is 26.0 Å². The van der Waals surface area contributed by atoms with Crippen molar-refractivity contribution in [2.45, 2.75) is 45.7 Å². The summed E-state index contributed by atoms with van der Waals surface area (Å²) in [6, 6.07) is 20.0. The van der Waals surface area contributed by atoms with Crippen molar-refractivity contribution >= 4 is 29.4 Å². The summed E-state index contributed by atoms with van der Waals surface area (Å²) in [5.74, 6) is -1.03. The highest BCUT2D eigenvalue weighted by molar-refractivity contribution is 6.01. The lowest BCUT2D eigenvalue weighted by Gasteiger charge is -2.20. The Hall–Kier alpha value is -4.70. The fourth-order valence-electron chi connectivity index (χ4n) is 4.26. The molecule has 10 heteroatoms. The Kier molecular flexibility index (Phi) is 12.7. The summed E-state index contributed by atoms with van der Waals surface area (Å²) in [7, 11) is 1.85. The van der Waals surface area contributed by atoms with Gasteiger partial charge in [0.05, 0.1) is 0 Å². The van der Waals surface area contributed by atoms with Crippen LogP contribution in [0.4, 0.5) is 5.69 Å². The molecule has 0 spiro atoms. The summed E-state index contributed by atoms with van der Waals surface area (Å²) < 4.78 is 5.58. The molecule has 0 aromatic heterocycles. The number of carboxylic acid groups (broad SMARTS) is 1. The maximum absolute atomic E-state index is 13.2. The monoisotopic (exact) mass is 588 g/mol. The first kappa shape index (κ1) is 32.8. The van der Waals surface area contributed by atoms with Crippen molar-refractivity contribution in [3.8, 4) is 5.75 Å². The molecule has 10 nitrogen and oxygen atoms in total. The fraction of sp³-hybridized carbons (Fsp3) is 0.333. The van der Waals surface area contributed by atoms with E-state index in [4.69, 9.17) is 9.84 Å². The van der Waals surface area contributed by atoms with Crippen molar-refractivity contribution in [3.05, 3.63) is 95.1 Å². The third kappa shape index (κ3) is 11.2. The highest BCUT2D eigenvalue weighted by Crippen LogP contribution is 2.15. The molecular weight excluding hydrogens is 548 g/mol. The summed E-state index contributed by atoms with van der Waals surface area (Å²) in [6.07, 6.45) is 0.866. The number of carboxylic acids is 1. The Bertz CT molecular complexity index is 1370. The van der Waals surface area contributed by atoms with Gasteiger partial charge in [-0.15, -0.1) is 0 Å². The Morgan fingerprint density at radius 3 is 2.23 bits per heavy atom. The Morgan fingerprint density at radius 1 is 0.860 bits per heavy atom. The van der Waals surface area contributed by atoms with E-state index in [1.165, 1.54) is 0 Å². The molecule has 0 heterocycles. The Morgan fingerprint density at radius 2 is 1.58 bits per heavy atom. The molecule has 43 heavy (non-hydrogen) atoms. The molecular formula is C33H40N4O6. The van der Waals surface area contributed by atoms with Gasteiger partial charge in [0, 0.05) is 36.3 Å². The van der Waals surface area contributed by atoms with E-state index in [0.29, 0.717) is 42.0 Å². The average molecular weight is 589 g/mol. The summed E-state index contributed by atoms with van der Waals surface area (Å²) >= 11 is 0. The van der Waals surface area contributed by atoms with Crippen LogP contribution in [0.1, 0.15) is 58.5 Å². The number of carbonyl (C=O) groups is 4. The SMILES string of the molecule is CNCCOc1ccc(C(=O)NCc2cccc(C(=O)N[C@@H](CC(C)C)C(=O)Nc3ccc(CCC(=O)O)cc3)c2)cc1. The number of anilines is 1. The smallest absolute Gasteiger partial charge is 0.303 e. The zero-order valence-corrected chi connectivity index (χ0v) is 24.8. The molecule has 0 bridgehead atoms. The summed E-state index contributed by atoms with van der Waals surface area (Å²) in [6.45, 7) is 5.41. The zero-order chi connectivity index (χ0) is 31.2. The number of likely N-dealkylation sites (N-methyl/N-ethyl adjacent to an activating group) is 1. The van der Waals surface area contributed by atoms with Crippen molar-refractivity contribution in [2.75, 3.05) is 25.5 Å². The van der Waals surface area contributed by atoms with E-state index < -0.39 is 17.9 Å². The largest absolute Gasteiger partial charge is 0.492 e. The third-order valence-electron chi connectivity index (χ3n) is 6.56. The van der Waals surface area contributed by atoms with Crippen LogP contribution in [0.25, 0.3) is 0 Å². The zero-order valence-electron chi connectivity index (χ0n) is 24.8. The van der Waals surface area contributed by atoms with Gasteiger partial charge < -0.3 is 31.1 Å². The van der Waals surface area contributed by atoms with E-state index in [2.05, 4.69) is 21.3 Å². The topological polar surface area (TPSA) is 146 Å². The maximum Gasteiger partial charge on any atom is 0.303 e. The van der Waals surface area contributed by atoms with Gasteiger partial charge in [-0.05, 0) is 85.5 Å². The minimum atomic E-state index is -0.868. The lowest BCUT2D eigenvalue weighted by atomic mass is 10.0. The van der Waals surface area contributed by atoms with Crippen LogP contribution in [0.5, 0.6) is 5.75 Å². The van der Waals surface area contributed by atoms with Gasteiger partial charge in [0.25, 0.3) is 11.8 Å².